The zero-order valence-corrected chi connectivity index (χ0v) is 8.94. The van der Waals surface area contributed by atoms with E-state index in [-0.39, 0.29) is 0 Å². The summed E-state index contributed by atoms with van der Waals surface area (Å²) in [7, 11) is 0. The lowest BCUT2D eigenvalue weighted by Gasteiger charge is -2.01. The highest BCUT2D eigenvalue weighted by Crippen LogP contribution is 2.44. The molecule has 2 heterocycles. The van der Waals surface area contributed by atoms with Gasteiger partial charge in [0.1, 0.15) is 5.65 Å². The van der Waals surface area contributed by atoms with Crippen LogP contribution in [0.4, 0.5) is 4.39 Å². The Labute approximate surface area is 88.7 Å². The zero-order valence-electron chi connectivity index (χ0n) is 7.35. The maximum Gasteiger partial charge on any atom is 0.215 e. The van der Waals surface area contributed by atoms with Crippen LogP contribution in [-0.4, -0.2) is 9.97 Å². The Morgan fingerprint density at radius 1 is 1.50 bits per heavy atom. The van der Waals surface area contributed by atoms with Gasteiger partial charge in [0.25, 0.3) is 0 Å². The van der Waals surface area contributed by atoms with E-state index in [1.54, 1.807) is 6.07 Å². The minimum absolute atomic E-state index is 0.395. The van der Waals surface area contributed by atoms with Crippen molar-refractivity contribution in [1.82, 2.24) is 9.97 Å². The second kappa shape index (κ2) is 2.79. The number of fused-ring (bicyclic) bond motifs is 1. The number of hydrogen-bond acceptors (Lipinski definition) is 1. The van der Waals surface area contributed by atoms with Gasteiger partial charge in [0.05, 0.1) is 0 Å². The molecule has 14 heavy (non-hydrogen) atoms. The molecule has 0 bridgehead atoms. The number of pyridine rings is 1. The summed E-state index contributed by atoms with van der Waals surface area (Å²) in [5.41, 5.74) is 1.72. The number of rotatable bonds is 1. The maximum atomic E-state index is 13.1. The summed E-state index contributed by atoms with van der Waals surface area (Å²) in [6, 6.07) is 1.55. The van der Waals surface area contributed by atoms with Crippen LogP contribution in [0.3, 0.4) is 0 Å². The van der Waals surface area contributed by atoms with Gasteiger partial charge in [0, 0.05) is 16.1 Å². The van der Waals surface area contributed by atoms with Gasteiger partial charge in [-0.15, -0.1) is 0 Å². The number of aromatic nitrogens is 2. The first-order chi connectivity index (χ1) is 6.75. The number of hydrogen-bond donors (Lipinski definition) is 1. The molecule has 2 nitrogen and oxygen atoms in total. The van der Waals surface area contributed by atoms with E-state index in [1.165, 1.54) is 0 Å². The standard InChI is InChI=1S/C10H8BrFN2/c11-7-4-13-10-9(7)6(5-1-2-5)3-8(12)14-10/h3-5H,1-2H2,(H,13,14). The molecule has 0 saturated heterocycles. The Hall–Kier alpha value is -0.900. The minimum Gasteiger partial charge on any atom is -0.345 e. The average molecular weight is 255 g/mol. The molecule has 1 fully saturated rings. The number of aromatic amines is 1. The normalized spacial score (nSPS) is 16.4. The van der Waals surface area contributed by atoms with Crippen LogP contribution in [-0.2, 0) is 0 Å². The van der Waals surface area contributed by atoms with Gasteiger partial charge in [0.15, 0.2) is 0 Å². The highest BCUT2D eigenvalue weighted by atomic mass is 79.9. The van der Waals surface area contributed by atoms with Crippen LogP contribution in [0, 0.1) is 5.95 Å². The highest BCUT2D eigenvalue weighted by molar-refractivity contribution is 9.10. The second-order valence-corrected chi connectivity index (χ2v) is 4.52. The Morgan fingerprint density at radius 2 is 2.29 bits per heavy atom. The molecular formula is C10H8BrFN2. The lowest BCUT2D eigenvalue weighted by atomic mass is 10.1. The molecule has 1 aliphatic carbocycles. The van der Waals surface area contributed by atoms with Crippen molar-refractivity contribution in [2.45, 2.75) is 18.8 Å². The van der Waals surface area contributed by atoms with Gasteiger partial charge in [-0.2, -0.15) is 4.39 Å². The molecule has 3 rings (SSSR count). The van der Waals surface area contributed by atoms with Gasteiger partial charge in [0.2, 0.25) is 5.95 Å². The molecule has 0 amide bonds. The predicted molar refractivity (Wildman–Crippen MR) is 55.7 cm³/mol. The van der Waals surface area contributed by atoms with Gasteiger partial charge >= 0.3 is 0 Å². The van der Waals surface area contributed by atoms with Crippen molar-refractivity contribution in [2.24, 2.45) is 0 Å². The van der Waals surface area contributed by atoms with E-state index in [0.717, 1.165) is 28.3 Å². The van der Waals surface area contributed by atoms with Gasteiger partial charge < -0.3 is 4.98 Å². The van der Waals surface area contributed by atoms with Gasteiger partial charge in [-0.3, -0.25) is 0 Å². The Balaban J connectivity index is 2.37. The number of halogens is 2. The first-order valence-corrected chi connectivity index (χ1v) is 5.38. The highest BCUT2D eigenvalue weighted by Gasteiger charge is 2.27. The number of H-pyrrole nitrogens is 1. The van der Waals surface area contributed by atoms with E-state index < -0.39 is 5.95 Å². The predicted octanol–water partition coefficient (Wildman–Crippen LogP) is 3.34. The van der Waals surface area contributed by atoms with E-state index in [1.807, 2.05) is 6.20 Å². The van der Waals surface area contributed by atoms with Crippen molar-refractivity contribution in [2.75, 3.05) is 0 Å². The molecular weight excluding hydrogens is 247 g/mol. The van der Waals surface area contributed by atoms with E-state index in [0.29, 0.717) is 11.6 Å². The van der Waals surface area contributed by atoms with Crippen LogP contribution in [0.1, 0.15) is 24.3 Å². The van der Waals surface area contributed by atoms with E-state index in [9.17, 15) is 4.39 Å². The molecule has 2 aromatic rings. The summed E-state index contributed by atoms with van der Waals surface area (Å²) in [4.78, 5) is 6.77. The third kappa shape index (κ3) is 1.17. The Bertz CT molecular complexity index is 502. The van der Waals surface area contributed by atoms with Crippen molar-refractivity contribution in [1.29, 1.82) is 0 Å². The fourth-order valence-corrected chi connectivity index (χ4v) is 2.34. The molecule has 4 heteroatoms. The van der Waals surface area contributed by atoms with Crippen molar-refractivity contribution in [3.63, 3.8) is 0 Å². The summed E-state index contributed by atoms with van der Waals surface area (Å²) in [6.45, 7) is 0. The molecule has 0 spiro atoms. The SMILES string of the molecule is Fc1cc(C2CC2)c2c(Br)c[nH]c2n1. The van der Waals surface area contributed by atoms with Crippen LogP contribution in [0.2, 0.25) is 0 Å². The largest absolute Gasteiger partial charge is 0.345 e. The topological polar surface area (TPSA) is 28.7 Å². The van der Waals surface area contributed by atoms with E-state index in [2.05, 4.69) is 25.9 Å². The maximum absolute atomic E-state index is 13.1. The van der Waals surface area contributed by atoms with Crippen molar-refractivity contribution < 1.29 is 4.39 Å². The fraction of sp³-hybridized carbons (Fsp3) is 0.300. The van der Waals surface area contributed by atoms with Crippen LogP contribution < -0.4 is 0 Å². The Kier molecular flexibility index (Phi) is 1.68. The number of nitrogens with zero attached hydrogens (tertiary/aromatic N) is 1. The summed E-state index contributed by atoms with van der Waals surface area (Å²) in [6.07, 6.45) is 4.13. The van der Waals surface area contributed by atoms with Gasteiger partial charge in [-0.25, -0.2) is 4.98 Å². The first-order valence-electron chi connectivity index (χ1n) is 4.59. The van der Waals surface area contributed by atoms with Crippen LogP contribution in [0.5, 0.6) is 0 Å². The molecule has 0 aromatic carbocycles. The molecule has 0 unspecified atom stereocenters. The fourth-order valence-electron chi connectivity index (χ4n) is 1.81. The lowest BCUT2D eigenvalue weighted by Crippen LogP contribution is -1.89. The summed E-state index contributed by atoms with van der Waals surface area (Å²) in [5, 5.41) is 1.04. The van der Waals surface area contributed by atoms with Crippen LogP contribution >= 0.6 is 15.9 Å². The smallest absolute Gasteiger partial charge is 0.215 e. The molecule has 1 aliphatic rings. The van der Waals surface area contributed by atoms with Crippen LogP contribution in [0.25, 0.3) is 11.0 Å². The molecule has 0 atom stereocenters. The van der Waals surface area contributed by atoms with Gasteiger partial charge in [-0.1, -0.05) is 0 Å². The third-order valence-corrected chi connectivity index (χ3v) is 3.24. The average Bonchev–Trinajstić information content (AvgIpc) is 2.92. The van der Waals surface area contributed by atoms with Crippen molar-refractivity contribution in [3.8, 4) is 0 Å². The van der Waals surface area contributed by atoms with Crippen molar-refractivity contribution >= 4 is 27.0 Å². The lowest BCUT2D eigenvalue weighted by molar-refractivity contribution is 0.586. The van der Waals surface area contributed by atoms with Crippen molar-refractivity contribution in [3.05, 3.63) is 28.2 Å². The summed E-state index contributed by atoms with van der Waals surface area (Å²) >= 11 is 3.44. The third-order valence-electron chi connectivity index (χ3n) is 2.61. The molecule has 0 radical (unpaired) electrons. The summed E-state index contributed by atoms with van der Waals surface area (Å²) < 4.78 is 14.1. The first kappa shape index (κ1) is 8.41. The van der Waals surface area contributed by atoms with Crippen LogP contribution in [0.15, 0.2) is 16.7 Å². The minimum atomic E-state index is -0.395. The molecule has 1 N–H and O–H groups in total. The quantitative estimate of drug-likeness (QED) is 0.778. The Morgan fingerprint density at radius 3 is 3.00 bits per heavy atom. The van der Waals surface area contributed by atoms with Gasteiger partial charge in [-0.05, 0) is 46.3 Å². The monoisotopic (exact) mass is 254 g/mol. The summed E-state index contributed by atoms with van der Waals surface area (Å²) in [5.74, 6) is 0.135. The van der Waals surface area contributed by atoms with E-state index in [4.69, 9.17) is 0 Å². The molecule has 0 aliphatic heterocycles. The zero-order chi connectivity index (χ0) is 9.71. The number of nitrogens with one attached hydrogen (secondary N) is 1. The molecule has 1 saturated carbocycles. The molecule has 2 aromatic heterocycles. The molecule has 72 valence electrons. The van der Waals surface area contributed by atoms with E-state index >= 15 is 0 Å². The second-order valence-electron chi connectivity index (χ2n) is 3.67.